The van der Waals surface area contributed by atoms with Crippen molar-refractivity contribution in [3.63, 3.8) is 0 Å². The van der Waals surface area contributed by atoms with Crippen molar-refractivity contribution in [2.75, 3.05) is 30.0 Å². The number of nitrogens with zero attached hydrogens (tertiary/aromatic N) is 4. The van der Waals surface area contributed by atoms with Crippen LogP contribution in [0.25, 0.3) is 0 Å². The third-order valence-electron chi connectivity index (χ3n) is 7.05. The minimum atomic E-state index is -0.968. The molecule has 3 heterocycles. The smallest absolute Gasteiger partial charge is 0.248 e. The monoisotopic (exact) mass is 447 g/mol. The number of ketones is 1. The van der Waals surface area contributed by atoms with Crippen LogP contribution in [0.3, 0.4) is 0 Å². The van der Waals surface area contributed by atoms with Gasteiger partial charge >= 0.3 is 0 Å². The lowest BCUT2D eigenvalue weighted by Gasteiger charge is -2.36. The summed E-state index contributed by atoms with van der Waals surface area (Å²) in [5.74, 6) is 0.890. The van der Waals surface area contributed by atoms with Gasteiger partial charge in [-0.3, -0.25) is 14.5 Å². The molecule has 2 aromatic rings. The quantitative estimate of drug-likeness (QED) is 0.685. The Bertz CT molecular complexity index is 1070. The van der Waals surface area contributed by atoms with Gasteiger partial charge in [0.15, 0.2) is 0 Å². The molecular weight excluding hydrogens is 418 g/mol. The van der Waals surface area contributed by atoms with Crippen LogP contribution in [-0.4, -0.2) is 41.4 Å². The number of carbonyl (C=O) groups excluding carboxylic acids is 2. The van der Waals surface area contributed by atoms with E-state index < -0.39 is 10.8 Å². The molecule has 0 saturated carbocycles. The Labute approximate surface area is 194 Å². The summed E-state index contributed by atoms with van der Waals surface area (Å²) in [4.78, 5) is 36.0. The van der Waals surface area contributed by atoms with Crippen LogP contribution in [0, 0.1) is 16.7 Å². The molecule has 0 aliphatic carbocycles. The molecule has 33 heavy (non-hydrogen) atoms. The highest BCUT2D eigenvalue weighted by Gasteiger charge is 2.46. The summed E-state index contributed by atoms with van der Waals surface area (Å²) in [6.45, 7) is 5.41. The van der Waals surface area contributed by atoms with Crippen LogP contribution in [-0.2, 0) is 19.7 Å². The molecule has 0 unspecified atom stereocenters. The normalized spacial score (nSPS) is 22.1. The van der Waals surface area contributed by atoms with Crippen molar-refractivity contribution < 1.29 is 14.3 Å². The lowest BCUT2D eigenvalue weighted by atomic mass is 9.70. The molecule has 1 N–H and O–H groups in total. The van der Waals surface area contributed by atoms with Gasteiger partial charge < -0.3 is 10.1 Å². The van der Waals surface area contributed by atoms with Crippen LogP contribution in [0.1, 0.15) is 51.5 Å². The molecule has 2 fully saturated rings. The average molecular weight is 448 g/mol. The van der Waals surface area contributed by atoms with Crippen LogP contribution in [0.5, 0.6) is 0 Å². The predicted octanol–water partition coefficient (Wildman–Crippen LogP) is 3.90. The van der Waals surface area contributed by atoms with Gasteiger partial charge in [0.2, 0.25) is 11.9 Å². The maximum atomic E-state index is 12.8. The van der Waals surface area contributed by atoms with Gasteiger partial charge in [0.1, 0.15) is 17.0 Å². The number of nitrogens with one attached hydrogen (secondary N) is 1. The molecule has 8 nitrogen and oxygen atoms in total. The molecule has 1 amide bonds. The van der Waals surface area contributed by atoms with E-state index in [1.165, 1.54) is 0 Å². The third kappa shape index (κ3) is 4.09. The van der Waals surface area contributed by atoms with E-state index in [1.54, 1.807) is 17.2 Å². The Morgan fingerprint density at radius 3 is 2.52 bits per heavy atom. The number of ether oxygens (including phenoxy) is 1. The highest BCUT2D eigenvalue weighted by molar-refractivity contribution is 6.01. The standard InChI is InChI=1S/C25H29N5O3/c1-3-20(31)25(11-15-33-16-12-25)18-5-7-19(8-6-18)28-23-27-13-9-21(29-23)30-14-10-24(4-2,17-26)22(30)32/h5-9,13H,3-4,10-12,14-16H2,1-2H3,(H,27,28,29)/t24-/m1/s1. The zero-order chi connectivity index (χ0) is 23.5. The van der Waals surface area contributed by atoms with Gasteiger partial charge in [-0.05, 0) is 49.4 Å². The zero-order valence-electron chi connectivity index (χ0n) is 19.1. The molecule has 8 heteroatoms. The lowest BCUT2D eigenvalue weighted by Crippen LogP contribution is -2.41. The molecule has 2 aliphatic rings. The van der Waals surface area contributed by atoms with Crippen molar-refractivity contribution in [1.82, 2.24) is 9.97 Å². The Morgan fingerprint density at radius 2 is 1.91 bits per heavy atom. The summed E-state index contributed by atoms with van der Waals surface area (Å²) in [6.07, 6.45) is 4.47. The van der Waals surface area contributed by atoms with Crippen LogP contribution in [0.4, 0.5) is 17.5 Å². The highest BCUT2D eigenvalue weighted by atomic mass is 16.5. The summed E-state index contributed by atoms with van der Waals surface area (Å²) in [5, 5.41) is 12.7. The van der Waals surface area contributed by atoms with Crippen LogP contribution in [0.2, 0.25) is 0 Å². The van der Waals surface area contributed by atoms with Gasteiger partial charge in [0, 0.05) is 38.1 Å². The van der Waals surface area contributed by atoms with Crippen molar-refractivity contribution in [3.05, 3.63) is 42.1 Å². The number of amides is 1. The van der Waals surface area contributed by atoms with Crippen molar-refractivity contribution in [2.45, 2.75) is 51.4 Å². The molecule has 0 spiro atoms. The zero-order valence-corrected chi connectivity index (χ0v) is 19.1. The highest BCUT2D eigenvalue weighted by Crippen LogP contribution is 2.38. The fourth-order valence-electron chi connectivity index (χ4n) is 4.85. The van der Waals surface area contributed by atoms with Crippen LogP contribution in [0.15, 0.2) is 36.5 Å². The lowest BCUT2D eigenvalue weighted by molar-refractivity contribution is -0.128. The first-order chi connectivity index (χ1) is 16.0. The molecule has 2 saturated heterocycles. The molecular formula is C25H29N5O3. The molecule has 0 radical (unpaired) electrons. The number of Topliss-reactive ketones (excluding diaryl/α,β-unsaturated/α-hetero) is 1. The number of hydrogen-bond donors (Lipinski definition) is 1. The van der Waals surface area contributed by atoms with Gasteiger partial charge in [-0.2, -0.15) is 10.2 Å². The third-order valence-corrected chi connectivity index (χ3v) is 7.05. The van der Waals surface area contributed by atoms with Crippen molar-refractivity contribution in [1.29, 1.82) is 5.26 Å². The number of nitriles is 1. The van der Waals surface area contributed by atoms with Gasteiger partial charge in [-0.1, -0.05) is 26.0 Å². The summed E-state index contributed by atoms with van der Waals surface area (Å²) >= 11 is 0. The fourth-order valence-corrected chi connectivity index (χ4v) is 4.85. The maximum Gasteiger partial charge on any atom is 0.248 e. The second-order valence-corrected chi connectivity index (χ2v) is 8.67. The number of benzene rings is 1. The number of rotatable bonds is 7. The molecule has 1 aromatic heterocycles. The molecule has 4 rings (SSSR count). The summed E-state index contributed by atoms with van der Waals surface area (Å²) in [5.41, 5.74) is 0.345. The molecule has 1 aromatic carbocycles. The van der Waals surface area contributed by atoms with Gasteiger partial charge in [0.25, 0.3) is 0 Å². The second kappa shape index (κ2) is 9.28. The van der Waals surface area contributed by atoms with Crippen LogP contribution < -0.4 is 10.2 Å². The first kappa shape index (κ1) is 22.9. The number of aromatic nitrogens is 2. The summed E-state index contributed by atoms with van der Waals surface area (Å²) in [6, 6.07) is 11.7. The van der Waals surface area contributed by atoms with E-state index in [-0.39, 0.29) is 11.7 Å². The Morgan fingerprint density at radius 1 is 1.18 bits per heavy atom. The Hall–Kier alpha value is -3.31. The van der Waals surface area contributed by atoms with Gasteiger partial charge in [0.05, 0.1) is 11.5 Å². The Balaban J connectivity index is 1.52. The molecule has 2 aliphatic heterocycles. The summed E-state index contributed by atoms with van der Waals surface area (Å²) < 4.78 is 5.50. The number of hydrogen-bond acceptors (Lipinski definition) is 7. The SMILES string of the molecule is CCC(=O)C1(c2ccc(Nc3nccc(N4CC[C@@](C#N)(CC)C4=O)n3)cc2)CCOCC1. The largest absolute Gasteiger partial charge is 0.381 e. The van der Waals surface area contributed by atoms with E-state index in [0.29, 0.717) is 63.6 Å². The van der Waals surface area contributed by atoms with Gasteiger partial charge in [-0.15, -0.1) is 0 Å². The average Bonchev–Trinajstić information content (AvgIpc) is 3.21. The van der Waals surface area contributed by atoms with Gasteiger partial charge in [-0.25, -0.2) is 4.98 Å². The fraction of sp³-hybridized carbons (Fsp3) is 0.480. The molecule has 172 valence electrons. The minimum Gasteiger partial charge on any atom is -0.381 e. The van der Waals surface area contributed by atoms with Crippen molar-refractivity contribution in [3.8, 4) is 6.07 Å². The number of anilines is 3. The number of carbonyl (C=O) groups is 2. The van der Waals surface area contributed by atoms with E-state index in [4.69, 9.17) is 4.74 Å². The maximum absolute atomic E-state index is 12.8. The summed E-state index contributed by atoms with van der Waals surface area (Å²) in [7, 11) is 0. The van der Waals surface area contributed by atoms with E-state index in [1.807, 2.05) is 38.1 Å². The molecule has 0 bridgehead atoms. The topological polar surface area (TPSA) is 108 Å². The van der Waals surface area contributed by atoms with Crippen molar-refractivity contribution in [2.24, 2.45) is 5.41 Å². The Kier molecular flexibility index (Phi) is 6.43. The van der Waals surface area contributed by atoms with E-state index in [9.17, 15) is 14.9 Å². The first-order valence-electron chi connectivity index (χ1n) is 11.5. The van der Waals surface area contributed by atoms with Crippen molar-refractivity contribution >= 4 is 29.1 Å². The van der Waals surface area contributed by atoms with E-state index in [2.05, 4.69) is 21.4 Å². The predicted molar refractivity (Wildman–Crippen MR) is 124 cm³/mol. The van der Waals surface area contributed by atoms with E-state index >= 15 is 0 Å². The van der Waals surface area contributed by atoms with Crippen LogP contribution >= 0.6 is 0 Å². The van der Waals surface area contributed by atoms with E-state index in [0.717, 1.165) is 11.3 Å². The first-order valence-corrected chi connectivity index (χ1v) is 11.5. The second-order valence-electron chi connectivity index (χ2n) is 8.67. The molecule has 1 atom stereocenters. The minimum absolute atomic E-state index is 0.205.